The van der Waals surface area contributed by atoms with Gasteiger partial charge in [-0.3, -0.25) is 14.4 Å². The number of hydrogen-bond acceptors (Lipinski definition) is 4. The molecule has 1 aliphatic rings. The molecule has 2 amide bonds. The van der Waals surface area contributed by atoms with Crippen LogP contribution in [0.1, 0.15) is 12.8 Å². The van der Waals surface area contributed by atoms with Crippen molar-refractivity contribution in [2.24, 2.45) is 0 Å². The molecule has 0 saturated carbocycles. The van der Waals surface area contributed by atoms with Crippen molar-refractivity contribution < 1.29 is 19.5 Å². The maximum absolute atomic E-state index is 12.1. The number of para-hydroxylation sites is 1. The standard InChI is InChI=1S/C13H14N2O4/c16-11-8-10(14-7-6-12(17)18)13(19)15(11)9-4-2-1-3-5-9/h1-5,10,14H,6-8H2,(H,17,18)/t10-/m1/s1. The van der Waals surface area contributed by atoms with E-state index in [0.717, 1.165) is 4.90 Å². The first-order chi connectivity index (χ1) is 9.09. The number of nitrogens with one attached hydrogen (secondary N) is 1. The number of amides is 2. The maximum Gasteiger partial charge on any atom is 0.304 e. The molecular formula is C13H14N2O4. The Morgan fingerprint density at radius 1 is 1.32 bits per heavy atom. The lowest BCUT2D eigenvalue weighted by Gasteiger charge is -2.15. The Balaban J connectivity index is 2.03. The minimum atomic E-state index is -0.941. The fraction of sp³-hybridized carbons (Fsp3) is 0.308. The molecule has 1 atom stereocenters. The van der Waals surface area contributed by atoms with Crippen molar-refractivity contribution in [3.8, 4) is 0 Å². The molecule has 0 aliphatic carbocycles. The number of aliphatic carboxylic acids is 1. The number of carboxylic acids is 1. The molecule has 0 radical (unpaired) electrons. The Labute approximate surface area is 110 Å². The van der Waals surface area contributed by atoms with E-state index in [2.05, 4.69) is 5.32 Å². The van der Waals surface area contributed by atoms with Crippen LogP contribution in [0.2, 0.25) is 0 Å². The van der Waals surface area contributed by atoms with Gasteiger partial charge in [-0.05, 0) is 12.1 Å². The lowest BCUT2D eigenvalue weighted by Crippen LogP contribution is -2.39. The molecule has 100 valence electrons. The van der Waals surface area contributed by atoms with E-state index < -0.39 is 12.0 Å². The first-order valence-corrected chi connectivity index (χ1v) is 5.96. The summed E-state index contributed by atoms with van der Waals surface area (Å²) < 4.78 is 0. The molecule has 1 aliphatic heterocycles. The summed E-state index contributed by atoms with van der Waals surface area (Å²) in [6, 6.07) is 8.05. The van der Waals surface area contributed by atoms with Gasteiger partial charge in [0.2, 0.25) is 5.91 Å². The Kier molecular flexibility index (Phi) is 3.91. The largest absolute Gasteiger partial charge is 0.481 e. The lowest BCUT2D eigenvalue weighted by molar-refractivity contribution is -0.137. The number of hydrogen-bond donors (Lipinski definition) is 2. The van der Waals surface area contributed by atoms with Gasteiger partial charge >= 0.3 is 5.97 Å². The normalized spacial score (nSPS) is 18.9. The number of carboxylic acid groups (broad SMARTS) is 1. The Hall–Kier alpha value is -2.21. The van der Waals surface area contributed by atoms with Crippen LogP contribution < -0.4 is 10.2 Å². The molecule has 19 heavy (non-hydrogen) atoms. The van der Waals surface area contributed by atoms with Gasteiger partial charge < -0.3 is 10.4 Å². The fourth-order valence-electron chi connectivity index (χ4n) is 1.99. The Morgan fingerprint density at radius 2 is 2.00 bits per heavy atom. The summed E-state index contributed by atoms with van der Waals surface area (Å²) in [5.41, 5.74) is 0.542. The Bertz CT molecular complexity index is 501. The van der Waals surface area contributed by atoms with E-state index in [1.165, 1.54) is 0 Å². The molecule has 1 saturated heterocycles. The van der Waals surface area contributed by atoms with E-state index in [0.29, 0.717) is 5.69 Å². The second-order valence-corrected chi connectivity index (χ2v) is 4.26. The second-order valence-electron chi connectivity index (χ2n) is 4.26. The highest BCUT2D eigenvalue weighted by atomic mass is 16.4. The monoisotopic (exact) mass is 262 g/mol. The third-order valence-corrected chi connectivity index (χ3v) is 2.89. The van der Waals surface area contributed by atoms with Crippen molar-refractivity contribution in [1.82, 2.24) is 5.32 Å². The van der Waals surface area contributed by atoms with Gasteiger partial charge in [0.1, 0.15) is 0 Å². The van der Waals surface area contributed by atoms with Crippen LogP contribution in [-0.2, 0) is 14.4 Å². The number of carbonyl (C=O) groups excluding carboxylic acids is 2. The number of rotatable bonds is 5. The van der Waals surface area contributed by atoms with Crippen LogP contribution in [-0.4, -0.2) is 35.5 Å². The van der Waals surface area contributed by atoms with Gasteiger partial charge in [-0.25, -0.2) is 4.90 Å². The predicted molar refractivity (Wildman–Crippen MR) is 67.6 cm³/mol. The second kappa shape index (κ2) is 5.62. The molecule has 1 aromatic carbocycles. The Morgan fingerprint density at radius 3 is 2.63 bits per heavy atom. The lowest BCUT2D eigenvalue weighted by atomic mass is 10.2. The van der Waals surface area contributed by atoms with Crippen LogP contribution in [0.15, 0.2) is 30.3 Å². The van der Waals surface area contributed by atoms with Gasteiger partial charge in [-0.15, -0.1) is 0 Å². The molecule has 0 aromatic heterocycles. The van der Waals surface area contributed by atoms with E-state index in [1.54, 1.807) is 30.3 Å². The van der Waals surface area contributed by atoms with E-state index in [4.69, 9.17) is 5.11 Å². The number of carbonyl (C=O) groups is 3. The first kappa shape index (κ1) is 13.2. The highest BCUT2D eigenvalue weighted by molar-refractivity contribution is 6.22. The molecule has 6 heteroatoms. The van der Waals surface area contributed by atoms with Crippen molar-refractivity contribution in [1.29, 1.82) is 0 Å². The first-order valence-electron chi connectivity index (χ1n) is 5.96. The smallest absolute Gasteiger partial charge is 0.304 e. The van der Waals surface area contributed by atoms with Crippen molar-refractivity contribution in [3.05, 3.63) is 30.3 Å². The molecule has 1 fully saturated rings. The van der Waals surface area contributed by atoms with Crippen molar-refractivity contribution >= 4 is 23.5 Å². The quantitative estimate of drug-likeness (QED) is 0.749. The van der Waals surface area contributed by atoms with Crippen molar-refractivity contribution in [2.45, 2.75) is 18.9 Å². The number of benzene rings is 1. The molecule has 2 rings (SSSR count). The van der Waals surface area contributed by atoms with E-state index in [1.807, 2.05) is 0 Å². The van der Waals surface area contributed by atoms with Gasteiger partial charge in [0.25, 0.3) is 5.91 Å². The minimum Gasteiger partial charge on any atom is -0.481 e. The van der Waals surface area contributed by atoms with E-state index in [9.17, 15) is 14.4 Å². The highest BCUT2D eigenvalue weighted by Gasteiger charge is 2.39. The van der Waals surface area contributed by atoms with Crippen LogP contribution in [0.3, 0.4) is 0 Å². The zero-order valence-corrected chi connectivity index (χ0v) is 10.2. The van der Waals surface area contributed by atoms with Crippen LogP contribution in [0.4, 0.5) is 5.69 Å². The average molecular weight is 262 g/mol. The molecule has 0 bridgehead atoms. The summed E-state index contributed by atoms with van der Waals surface area (Å²) in [6.07, 6.45) is -0.0172. The zero-order chi connectivity index (χ0) is 13.8. The summed E-state index contributed by atoms with van der Waals surface area (Å²) in [7, 11) is 0. The fourth-order valence-corrected chi connectivity index (χ4v) is 1.99. The molecule has 2 N–H and O–H groups in total. The number of imide groups is 1. The predicted octanol–water partition coefficient (Wildman–Crippen LogP) is 0.383. The van der Waals surface area contributed by atoms with Crippen molar-refractivity contribution in [3.63, 3.8) is 0 Å². The van der Waals surface area contributed by atoms with Gasteiger partial charge in [0.05, 0.1) is 24.6 Å². The average Bonchev–Trinajstić information content (AvgIpc) is 2.65. The SMILES string of the molecule is O=C(O)CCN[C@@H]1CC(=O)N(c2ccccc2)C1=O. The minimum absolute atomic E-state index is 0.0628. The summed E-state index contributed by atoms with van der Waals surface area (Å²) in [4.78, 5) is 35.5. The van der Waals surface area contributed by atoms with Gasteiger partial charge in [-0.1, -0.05) is 18.2 Å². The van der Waals surface area contributed by atoms with Crippen molar-refractivity contribution in [2.75, 3.05) is 11.4 Å². The summed E-state index contributed by atoms with van der Waals surface area (Å²) >= 11 is 0. The summed E-state index contributed by atoms with van der Waals surface area (Å²) in [6.45, 7) is 0.168. The van der Waals surface area contributed by atoms with Crippen LogP contribution in [0, 0.1) is 0 Å². The molecular weight excluding hydrogens is 248 g/mol. The molecule has 1 heterocycles. The molecule has 1 aromatic rings. The molecule has 0 spiro atoms. The summed E-state index contributed by atoms with van der Waals surface area (Å²) in [5.74, 6) is -1.55. The van der Waals surface area contributed by atoms with E-state index in [-0.39, 0.29) is 31.2 Å². The van der Waals surface area contributed by atoms with Crippen LogP contribution in [0.5, 0.6) is 0 Å². The highest BCUT2D eigenvalue weighted by Crippen LogP contribution is 2.22. The zero-order valence-electron chi connectivity index (χ0n) is 10.2. The number of anilines is 1. The van der Waals surface area contributed by atoms with E-state index >= 15 is 0 Å². The third kappa shape index (κ3) is 2.97. The number of nitrogens with zero attached hydrogens (tertiary/aromatic N) is 1. The summed E-state index contributed by atoms with van der Waals surface area (Å²) in [5, 5.41) is 11.3. The molecule has 0 unspecified atom stereocenters. The topological polar surface area (TPSA) is 86.7 Å². The molecule has 6 nitrogen and oxygen atoms in total. The van der Waals surface area contributed by atoms with Crippen LogP contribution >= 0.6 is 0 Å². The van der Waals surface area contributed by atoms with Crippen LogP contribution in [0.25, 0.3) is 0 Å². The van der Waals surface area contributed by atoms with Gasteiger partial charge in [-0.2, -0.15) is 0 Å². The van der Waals surface area contributed by atoms with Gasteiger partial charge in [0.15, 0.2) is 0 Å². The van der Waals surface area contributed by atoms with Gasteiger partial charge in [0, 0.05) is 6.54 Å². The third-order valence-electron chi connectivity index (χ3n) is 2.89. The maximum atomic E-state index is 12.1.